The third-order valence-corrected chi connectivity index (χ3v) is 8.32. The Morgan fingerprint density at radius 2 is 1.39 bits per heavy atom. The van der Waals surface area contributed by atoms with Crippen LogP contribution < -0.4 is 0 Å². The van der Waals surface area contributed by atoms with Crippen LogP contribution >= 0.6 is 0 Å². The van der Waals surface area contributed by atoms with Gasteiger partial charge in [0.25, 0.3) is 10.0 Å². The molecule has 0 bridgehead atoms. The van der Waals surface area contributed by atoms with Gasteiger partial charge < -0.3 is 4.90 Å². The van der Waals surface area contributed by atoms with Gasteiger partial charge in [0.2, 0.25) is 0 Å². The molecule has 0 unspecified atom stereocenters. The zero-order chi connectivity index (χ0) is 21.6. The third-order valence-electron chi connectivity index (χ3n) is 6.56. The van der Waals surface area contributed by atoms with Crippen LogP contribution in [0, 0.1) is 6.92 Å². The van der Waals surface area contributed by atoms with E-state index in [1.54, 1.807) is 29.2 Å². The van der Waals surface area contributed by atoms with Crippen LogP contribution in [0.3, 0.4) is 0 Å². The van der Waals surface area contributed by atoms with Gasteiger partial charge in [-0.2, -0.15) is 0 Å². The number of carbonyl (C=O) groups excluding carboxylic acids is 1. The summed E-state index contributed by atoms with van der Waals surface area (Å²) in [6.45, 7) is 2.54. The van der Waals surface area contributed by atoms with Gasteiger partial charge in [0, 0.05) is 12.0 Å². The van der Waals surface area contributed by atoms with E-state index in [1.807, 2.05) is 43.3 Å². The first-order chi connectivity index (χ1) is 14.9. The van der Waals surface area contributed by atoms with Crippen molar-refractivity contribution in [2.24, 2.45) is 0 Å². The van der Waals surface area contributed by atoms with Crippen molar-refractivity contribution in [1.82, 2.24) is 9.21 Å². The van der Waals surface area contributed by atoms with Crippen LogP contribution in [0.1, 0.15) is 23.1 Å². The van der Waals surface area contributed by atoms with Gasteiger partial charge in [-0.1, -0.05) is 78.4 Å². The molecule has 0 radical (unpaired) electrons. The van der Waals surface area contributed by atoms with E-state index in [0.29, 0.717) is 13.0 Å². The molecule has 5 nitrogen and oxygen atoms in total. The Kier molecular flexibility index (Phi) is 4.63. The first-order valence-corrected chi connectivity index (χ1v) is 11.9. The standard InChI is InChI=1S/C25H24N2O3S/c1-19-12-14-23(15-13-19)31(29,30)27-17-22-16-25(18-26(22)24(27)28,20-8-4-2-5-9-20)21-10-6-3-7-11-21/h2-15,22H,16-18H2,1H3/t22-/m0/s1. The fraction of sp³-hybridized carbons (Fsp3) is 0.240. The molecule has 3 aromatic rings. The number of benzene rings is 3. The van der Waals surface area contributed by atoms with Crippen molar-refractivity contribution in [2.75, 3.05) is 13.1 Å². The summed E-state index contributed by atoms with van der Waals surface area (Å²) in [5.41, 5.74) is 2.93. The van der Waals surface area contributed by atoms with Crippen LogP contribution in [0.4, 0.5) is 4.79 Å². The Balaban J connectivity index is 1.50. The van der Waals surface area contributed by atoms with Gasteiger partial charge in [0.05, 0.1) is 17.5 Å². The van der Waals surface area contributed by atoms with Crippen LogP contribution in [0.2, 0.25) is 0 Å². The molecule has 2 heterocycles. The summed E-state index contributed by atoms with van der Waals surface area (Å²) >= 11 is 0. The number of amides is 2. The number of fused-ring (bicyclic) bond motifs is 1. The van der Waals surface area contributed by atoms with E-state index >= 15 is 0 Å². The first kappa shape index (κ1) is 19.8. The lowest BCUT2D eigenvalue weighted by Crippen LogP contribution is -2.40. The Labute approximate surface area is 183 Å². The molecule has 158 valence electrons. The maximum atomic E-state index is 13.3. The molecule has 2 saturated heterocycles. The van der Waals surface area contributed by atoms with Crippen molar-refractivity contribution < 1.29 is 13.2 Å². The number of hydrogen-bond acceptors (Lipinski definition) is 3. The Morgan fingerprint density at radius 3 is 1.90 bits per heavy atom. The monoisotopic (exact) mass is 432 g/mol. The number of hydrogen-bond donors (Lipinski definition) is 0. The zero-order valence-corrected chi connectivity index (χ0v) is 18.1. The van der Waals surface area contributed by atoms with Gasteiger partial charge in [-0.05, 0) is 36.6 Å². The highest BCUT2D eigenvalue weighted by molar-refractivity contribution is 7.89. The largest absolute Gasteiger partial charge is 0.334 e. The van der Waals surface area contributed by atoms with E-state index < -0.39 is 16.1 Å². The molecule has 0 spiro atoms. The Morgan fingerprint density at radius 1 is 0.839 bits per heavy atom. The lowest BCUT2D eigenvalue weighted by Gasteiger charge is -2.32. The topological polar surface area (TPSA) is 57.7 Å². The average molecular weight is 433 g/mol. The summed E-state index contributed by atoms with van der Waals surface area (Å²) in [4.78, 5) is 15.2. The summed E-state index contributed by atoms with van der Waals surface area (Å²) in [7, 11) is -3.87. The van der Waals surface area contributed by atoms with Crippen LogP contribution in [-0.2, 0) is 15.4 Å². The van der Waals surface area contributed by atoms with Crippen molar-refractivity contribution in [2.45, 2.75) is 29.7 Å². The average Bonchev–Trinajstić information content (AvgIpc) is 3.33. The minimum atomic E-state index is -3.87. The van der Waals surface area contributed by atoms with Crippen molar-refractivity contribution in [1.29, 1.82) is 0 Å². The summed E-state index contributed by atoms with van der Waals surface area (Å²) in [5.74, 6) is 0. The lowest BCUT2D eigenvalue weighted by molar-refractivity contribution is 0.205. The van der Waals surface area contributed by atoms with E-state index in [4.69, 9.17) is 0 Å². The number of aryl methyl sites for hydroxylation is 1. The summed E-state index contributed by atoms with van der Waals surface area (Å²) in [5, 5.41) is 0. The fourth-order valence-electron chi connectivity index (χ4n) is 4.93. The van der Waals surface area contributed by atoms with Gasteiger partial charge >= 0.3 is 6.03 Å². The number of rotatable bonds is 4. The minimum Gasteiger partial charge on any atom is -0.318 e. The predicted octanol–water partition coefficient (Wildman–Crippen LogP) is 4.18. The molecule has 0 aliphatic carbocycles. The number of carbonyl (C=O) groups is 1. The van der Waals surface area contributed by atoms with Crippen LogP contribution in [-0.4, -0.2) is 42.8 Å². The summed E-state index contributed by atoms with van der Waals surface area (Å²) in [6.07, 6.45) is 0.687. The maximum absolute atomic E-state index is 13.3. The molecule has 0 N–H and O–H groups in total. The van der Waals surface area contributed by atoms with E-state index in [9.17, 15) is 13.2 Å². The normalized spacial score (nSPS) is 20.2. The van der Waals surface area contributed by atoms with Gasteiger partial charge in [0.1, 0.15) is 0 Å². The molecule has 1 atom stereocenters. The van der Waals surface area contributed by atoms with E-state index in [2.05, 4.69) is 24.3 Å². The molecular formula is C25H24N2O3S. The number of nitrogens with zero attached hydrogens (tertiary/aromatic N) is 2. The van der Waals surface area contributed by atoms with Crippen LogP contribution in [0.15, 0.2) is 89.8 Å². The lowest BCUT2D eigenvalue weighted by atomic mass is 9.73. The van der Waals surface area contributed by atoms with Gasteiger partial charge in [0.15, 0.2) is 0 Å². The molecule has 0 saturated carbocycles. The molecule has 2 amide bonds. The van der Waals surface area contributed by atoms with Crippen molar-refractivity contribution >= 4 is 16.1 Å². The predicted molar refractivity (Wildman–Crippen MR) is 119 cm³/mol. The summed E-state index contributed by atoms with van der Waals surface area (Å²) in [6, 6.07) is 26.5. The third kappa shape index (κ3) is 3.13. The van der Waals surface area contributed by atoms with E-state index in [1.165, 1.54) is 0 Å². The number of sulfonamides is 1. The molecule has 0 aromatic heterocycles. The molecular weight excluding hydrogens is 408 g/mol. The van der Waals surface area contributed by atoms with Gasteiger partial charge in [-0.25, -0.2) is 17.5 Å². The quantitative estimate of drug-likeness (QED) is 0.621. The van der Waals surface area contributed by atoms with E-state index in [-0.39, 0.29) is 22.9 Å². The molecule has 3 aromatic carbocycles. The van der Waals surface area contributed by atoms with E-state index in [0.717, 1.165) is 21.0 Å². The second-order valence-electron chi connectivity index (χ2n) is 8.43. The van der Waals surface area contributed by atoms with Crippen molar-refractivity contribution in [3.63, 3.8) is 0 Å². The second kappa shape index (κ2) is 7.24. The Hall–Kier alpha value is -3.12. The summed E-state index contributed by atoms with van der Waals surface area (Å²) < 4.78 is 27.4. The molecule has 31 heavy (non-hydrogen) atoms. The SMILES string of the molecule is Cc1ccc(S(=O)(=O)N2C[C@@H]3CC(c4ccccc4)(c4ccccc4)CN3C2=O)cc1. The zero-order valence-electron chi connectivity index (χ0n) is 17.3. The van der Waals surface area contributed by atoms with Crippen molar-refractivity contribution in [3.05, 3.63) is 102 Å². The molecule has 2 fully saturated rings. The fourth-order valence-corrected chi connectivity index (χ4v) is 6.35. The smallest absolute Gasteiger partial charge is 0.318 e. The molecule has 2 aliphatic rings. The minimum absolute atomic E-state index is 0.157. The molecule has 6 heteroatoms. The van der Waals surface area contributed by atoms with Gasteiger partial charge in [-0.3, -0.25) is 0 Å². The molecule has 5 rings (SSSR count). The highest BCUT2D eigenvalue weighted by Gasteiger charge is 2.55. The first-order valence-electron chi connectivity index (χ1n) is 10.4. The van der Waals surface area contributed by atoms with Crippen LogP contribution in [0.5, 0.6) is 0 Å². The molecule has 2 aliphatic heterocycles. The highest BCUT2D eigenvalue weighted by Crippen LogP contribution is 2.46. The maximum Gasteiger partial charge on any atom is 0.334 e. The number of urea groups is 1. The highest BCUT2D eigenvalue weighted by atomic mass is 32.2. The Bertz CT molecular complexity index is 1170. The van der Waals surface area contributed by atoms with Crippen molar-refractivity contribution in [3.8, 4) is 0 Å². The van der Waals surface area contributed by atoms with Gasteiger partial charge in [-0.15, -0.1) is 0 Å². The van der Waals surface area contributed by atoms with Crippen LogP contribution in [0.25, 0.3) is 0 Å². The second-order valence-corrected chi connectivity index (χ2v) is 10.3.